The molecule has 0 aliphatic heterocycles. The monoisotopic (exact) mass is 489 g/mol. The fourth-order valence-electron chi connectivity index (χ4n) is 2.94. The summed E-state index contributed by atoms with van der Waals surface area (Å²) >= 11 is 0. The molecule has 0 heterocycles. The molecular weight excluding hydrogens is 473 g/mol. The number of anilines is 2. The lowest BCUT2D eigenvalue weighted by atomic mass is 10.1. The third-order valence-corrected chi connectivity index (χ3v) is 4.57. The van der Waals surface area contributed by atoms with Gasteiger partial charge in [-0.2, -0.15) is 18.4 Å². The summed E-state index contributed by atoms with van der Waals surface area (Å²) in [7, 11) is 0. The summed E-state index contributed by atoms with van der Waals surface area (Å²) in [5, 5.41) is 22.6. The Balaban J connectivity index is 1.95. The van der Waals surface area contributed by atoms with Crippen LogP contribution in [-0.4, -0.2) is 11.9 Å². The van der Waals surface area contributed by atoms with Crippen molar-refractivity contribution < 1.29 is 31.5 Å². The number of carbonyl (C=O) groups excluding carboxylic acids is 1. The number of nitrogens with one attached hydrogen (secondary N) is 4. The van der Waals surface area contributed by atoms with E-state index in [0.717, 1.165) is 42.5 Å². The van der Waals surface area contributed by atoms with Gasteiger partial charge in [0, 0.05) is 5.69 Å². The molecule has 1 amide bonds. The molecule has 4 N–H and O–H groups in total. The zero-order valence-electron chi connectivity index (χ0n) is 17.8. The minimum atomic E-state index is -4.75. The maximum absolute atomic E-state index is 14.0. The molecular formula is C23H16F5N5O2. The van der Waals surface area contributed by atoms with Gasteiger partial charge in [0.1, 0.15) is 23.1 Å². The second kappa shape index (κ2) is 10.1. The van der Waals surface area contributed by atoms with Crippen LogP contribution < -0.4 is 20.7 Å². The number of alkyl halides is 3. The van der Waals surface area contributed by atoms with E-state index in [4.69, 9.17) is 15.4 Å². The maximum atomic E-state index is 14.0. The Kier molecular flexibility index (Phi) is 7.20. The summed E-state index contributed by atoms with van der Waals surface area (Å²) in [5.74, 6) is -3.02. The molecule has 35 heavy (non-hydrogen) atoms. The Morgan fingerprint density at radius 1 is 1.00 bits per heavy atom. The lowest BCUT2D eigenvalue weighted by Gasteiger charge is -2.16. The summed E-state index contributed by atoms with van der Waals surface area (Å²) in [6, 6.07) is 9.00. The van der Waals surface area contributed by atoms with Crippen molar-refractivity contribution in [1.29, 1.82) is 10.7 Å². The smallest absolute Gasteiger partial charge is 0.416 e. The topological polar surface area (TPSA) is 110 Å². The first-order chi connectivity index (χ1) is 16.5. The van der Waals surface area contributed by atoms with E-state index in [2.05, 4.69) is 10.6 Å². The van der Waals surface area contributed by atoms with Crippen molar-refractivity contribution in [2.75, 3.05) is 10.6 Å². The molecule has 0 saturated heterocycles. The third kappa shape index (κ3) is 6.23. The number of aryl methyl sites for hydroxylation is 1. The molecule has 0 saturated carbocycles. The van der Waals surface area contributed by atoms with E-state index in [0.29, 0.717) is 11.6 Å². The first-order valence-electron chi connectivity index (χ1n) is 9.74. The van der Waals surface area contributed by atoms with E-state index in [1.165, 1.54) is 19.2 Å². The fourth-order valence-corrected chi connectivity index (χ4v) is 2.94. The molecule has 0 aliphatic carbocycles. The van der Waals surface area contributed by atoms with Crippen molar-refractivity contribution >= 4 is 23.2 Å². The molecule has 0 unspecified atom stereocenters. The standard InChI is InChI=1S/C23H16F5N5O2/c1-12-8-14(24)3-7-19(12)35-20-6-2-13(23(26,27)28)9-16(20)21(34)32-15-4-5-17(25)18(10-15)33-22(30)31-11-29/h2-10H,1H3,(H,32,34)(H3,30,31,33). The van der Waals surface area contributed by atoms with Gasteiger partial charge in [-0.05, 0) is 67.1 Å². The first-order valence-corrected chi connectivity index (χ1v) is 9.74. The molecule has 3 aromatic carbocycles. The van der Waals surface area contributed by atoms with Crippen LogP contribution in [0, 0.1) is 35.4 Å². The molecule has 12 heteroatoms. The number of guanidine groups is 1. The van der Waals surface area contributed by atoms with Gasteiger partial charge in [-0.1, -0.05) is 0 Å². The number of nitrogens with zero attached hydrogens (tertiary/aromatic N) is 1. The van der Waals surface area contributed by atoms with Crippen LogP contribution in [0.25, 0.3) is 0 Å². The average Bonchev–Trinajstić information content (AvgIpc) is 2.77. The van der Waals surface area contributed by atoms with Crippen LogP contribution in [0.3, 0.4) is 0 Å². The van der Waals surface area contributed by atoms with E-state index >= 15 is 0 Å². The van der Waals surface area contributed by atoms with Gasteiger partial charge in [-0.3, -0.25) is 15.5 Å². The second-order valence-electron chi connectivity index (χ2n) is 7.11. The first kappa shape index (κ1) is 25.0. The summed E-state index contributed by atoms with van der Waals surface area (Å²) in [5.41, 5.74) is -1.55. The number of hydrogen-bond donors (Lipinski definition) is 4. The van der Waals surface area contributed by atoms with Crippen molar-refractivity contribution in [3.63, 3.8) is 0 Å². The number of halogens is 5. The van der Waals surface area contributed by atoms with Crippen molar-refractivity contribution in [3.8, 4) is 17.7 Å². The molecule has 3 aromatic rings. The van der Waals surface area contributed by atoms with Gasteiger partial charge in [0.05, 0.1) is 16.8 Å². The Morgan fingerprint density at radius 2 is 1.71 bits per heavy atom. The lowest BCUT2D eigenvalue weighted by molar-refractivity contribution is -0.137. The van der Waals surface area contributed by atoms with Gasteiger partial charge in [0.15, 0.2) is 6.19 Å². The highest BCUT2D eigenvalue weighted by atomic mass is 19.4. The number of nitriles is 1. The van der Waals surface area contributed by atoms with Crippen LogP contribution in [-0.2, 0) is 6.18 Å². The van der Waals surface area contributed by atoms with Gasteiger partial charge >= 0.3 is 6.18 Å². The Morgan fingerprint density at radius 3 is 2.37 bits per heavy atom. The maximum Gasteiger partial charge on any atom is 0.416 e. The van der Waals surface area contributed by atoms with Gasteiger partial charge < -0.3 is 15.4 Å². The van der Waals surface area contributed by atoms with Crippen molar-refractivity contribution in [2.24, 2.45) is 0 Å². The fraction of sp³-hybridized carbons (Fsp3) is 0.0870. The molecule has 0 spiro atoms. The average molecular weight is 489 g/mol. The Labute approximate surface area is 195 Å². The SMILES string of the molecule is Cc1cc(F)ccc1Oc1ccc(C(F)(F)F)cc1C(=O)Nc1ccc(F)c(NC(=N)NC#N)c1. The highest BCUT2D eigenvalue weighted by Crippen LogP contribution is 2.35. The Bertz CT molecular complexity index is 1330. The quantitative estimate of drug-likeness (QED) is 0.120. The highest BCUT2D eigenvalue weighted by molar-refractivity contribution is 6.06. The van der Waals surface area contributed by atoms with Crippen LogP contribution in [0.1, 0.15) is 21.5 Å². The number of benzene rings is 3. The van der Waals surface area contributed by atoms with Gasteiger partial charge in [-0.25, -0.2) is 8.78 Å². The van der Waals surface area contributed by atoms with Gasteiger partial charge in [0.25, 0.3) is 5.91 Å². The summed E-state index contributed by atoms with van der Waals surface area (Å²) in [6.45, 7) is 1.52. The van der Waals surface area contributed by atoms with Crippen LogP contribution in [0.5, 0.6) is 11.5 Å². The molecule has 7 nitrogen and oxygen atoms in total. The highest BCUT2D eigenvalue weighted by Gasteiger charge is 2.32. The predicted octanol–water partition coefficient (Wildman–Crippen LogP) is 5.75. The van der Waals surface area contributed by atoms with Crippen LogP contribution >= 0.6 is 0 Å². The number of amides is 1. The van der Waals surface area contributed by atoms with Crippen molar-refractivity contribution in [3.05, 3.63) is 82.9 Å². The van der Waals surface area contributed by atoms with Gasteiger partial charge in [0.2, 0.25) is 5.96 Å². The van der Waals surface area contributed by atoms with E-state index in [-0.39, 0.29) is 22.9 Å². The zero-order chi connectivity index (χ0) is 25.8. The number of ether oxygens (including phenoxy) is 1. The molecule has 0 aliphatic rings. The second-order valence-corrected chi connectivity index (χ2v) is 7.11. The minimum Gasteiger partial charge on any atom is -0.456 e. The number of carbonyl (C=O) groups is 1. The molecule has 0 aromatic heterocycles. The molecule has 0 radical (unpaired) electrons. The van der Waals surface area contributed by atoms with E-state index < -0.39 is 40.8 Å². The van der Waals surface area contributed by atoms with Gasteiger partial charge in [-0.15, -0.1) is 0 Å². The van der Waals surface area contributed by atoms with E-state index in [9.17, 15) is 26.7 Å². The summed E-state index contributed by atoms with van der Waals surface area (Å²) in [4.78, 5) is 12.9. The van der Waals surface area contributed by atoms with Crippen molar-refractivity contribution in [1.82, 2.24) is 5.32 Å². The van der Waals surface area contributed by atoms with Crippen molar-refractivity contribution in [2.45, 2.75) is 13.1 Å². The predicted molar refractivity (Wildman–Crippen MR) is 117 cm³/mol. The minimum absolute atomic E-state index is 0.0232. The summed E-state index contributed by atoms with van der Waals surface area (Å²) in [6.07, 6.45) is -3.28. The molecule has 0 bridgehead atoms. The third-order valence-electron chi connectivity index (χ3n) is 4.57. The number of rotatable bonds is 5. The summed E-state index contributed by atoms with van der Waals surface area (Å²) < 4.78 is 72.9. The largest absolute Gasteiger partial charge is 0.456 e. The molecule has 0 fully saturated rings. The van der Waals surface area contributed by atoms with E-state index in [1.807, 2.05) is 5.32 Å². The zero-order valence-corrected chi connectivity index (χ0v) is 17.8. The Hall–Kier alpha value is -4.66. The normalized spacial score (nSPS) is 10.8. The molecule has 0 atom stereocenters. The molecule has 3 rings (SSSR count). The molecule has 180 valence electrons. The van der Waals surface area contributed by atoms with Crippen LogP contribution in [0.4, 0.5) is 33.3 Å². The van der Waals surface area contributed by atoms with E-state index in [1.54, 1.807) is 0 Å². The number of hydrogen-bond acceptors (Lipinski definition) is 4. The van der Waals surface area contributed by atoms with Crippen LogP contribution in [0.15, 0.2) is 54.6 Å². The lowest BCUT2D eigenvalue weighted by Crippen LogP contribution is -2.25. The van der Waals surface area contributed by atoms with Crippen LogP contribution in [0.2, 0.25) is 0 Å².